The number of hydrogen-bond donors (Lipinski definition) is 1. The van der Waals surface area contributed by atoms with Crippen molar-refractivity contribution >= 4 is 17.5 Å². The summed E-state index contributed by atoms with van der Waals surface area (Å²) in [5.41, 5.74) is 0.894. The molecule has 0 bridgehead atoms. The van der Waals surface area contributed by atoms with Gasteiger partial charge in [0.05, 0.1) is 7.11 Å². The van der Waals surface area contributed by atoms with E-state index in [9.17, 15) is 9.59 Å². The highest BCUT2D eigenvalue weighted by Crippen LogP contribution is 2.26. The van der Waals surface area contributed by atoms with Crippen molar-refractivity contribution in [2.45, 2.75) is 6.42 Å². The molecule has 1 N–H and O–H groups in total. The van der Waals surface area contributed by atoms with E-state index in [0.717, 1.165) is 5.69 Å². The lowest BCUT2D eigenvalue weighted by atomic mass is 10.1. The summed E-state index contributed by atoms with van der Waals surface area (Å²) in [6.45, 7) is 0.961. The van der Waals surface area contributed by atoms with Crippen LogP contribution in [0.25, 0.3) is 0 Å². The van der Waals surface area contributed by atoms with Gasteiger partial charge in [-0.3, -0.25) is 9.59 Å². The van der Waals surface area contributed by atoms with Crippen LogP contribution in [0.2, 0.25) is 0 Å². The van der Waals surface area contributed by atoms with E-state index in [2.05, 4.69) is 5.32 Å². The summed E-state index contributed by atoms with van der Waals surface area (Å²) in [5.74, 6) is 1.07. The smallest absolute Gasteiger partial charge is 0.257 e. The average molecular weight is 354 g/mol. The largest absolute Gasteiger partial charge is 0.493 e. The van der Waals surface area contributed by atoms with Crippen LogP contribution < -0.4 is 19.7 Å². The Labute approximate surface area is 152 Å². The third-order valence-corrected chi connectivity index (χ3v) is 4.29. The molecule has 0 aliphatic carbocycles. The Balaban J connectivity index is 1.46. The fourth-order valence-electron chi connectivity index (χ4n) is 2.97. The zero-order valence-electron chi connectivity index (χ0n) is 14.7. The Bertz CT molecular complexity index is 763. The van der Waals surface area contributed by atoms with E-state index in [1.54, 1.807) is 24.1 Å². The fraction of sp³-hybridized carbons (Fsp3) is 0.300. The summed E-state index contributed by atoms with van der Waals surface area (Å²) in [6.07, 6.45) is 0.433. The number of methoxy groups -OCH3 is 1. The van der Waals surface area contributed by atoms with E-state index in [1.165, 1.54) is 0 Å². The summed E-state index contributed by atoms with van der Waals surface area (Å²) in [6, 6.07) is 16.7. The molecule has 2 aromatic carbocycles. The molecular formula is C20H22N2O4. The Morgan fingerprint density at radius 2 is 1.81 bits per heavy atom. The molecular weight excluding hydrogens is 332 g/mol. The third kappa shape index (κ3) is 4.33. The normalized spacial score (nSPS) is 16.4. The maximum Gasteiger partial charge on any atom is 0.257 e. The molecule has 1 heterocycles. The number of hydrogen-bond acceptors (Lipinski definition) is 4. The molecule has 6 heteroatoms. The molecule has 2 aromatic rings. The molecule has 26 heavy (non-hydrogen) atoms. The number of nitrogens with zero attached hydrogens (tertiary/aromatic N) is 1. The van der Waals surface area contributed by atoms with Crippen LogP contribution in [0.5, 0.6) is 11.5 Å². The van der Waals surface area contributed by atoms with E-state index in [0.29, 0.717) is 31.0 Å². The highest BCUT2D eigenvalue weighted by atomic mass is 16.5. The lowest BCUT2D eigenvalue weighted by molar-refractivity contribution is -0.123. The van der Waals surface area contributed by atoms with Crippen LogP contribution in [0.15, 0.2) is 54.6 Å². The first-order chi connectivity index (χ1) is 12.7. The average Bonchev–Trinajstić information content (AvgIpc) is 3.06. The van der Waals surface area contributed by atoms with E-state index in [1.807, 2.05) is 42.5 Å². The van der Waals surface area contributed by atoms with Crippen LogP contribution >= 0.6 is 0 Å². The van der Waals surface area contributed by atoms with Crippen molar-refractivity contribution in [3.63, 3.8) is 0 Å². The predicted molar refractivity (Wildman–Crippen MR) is 98.4 cm³/mol. The van der Waals surface area contributed by atoms with Gasteiger partial charge in [0.15, 0.2) is 18.1 Å². The van der Waals surface area contributed by atoms with Crippen LogP contribution in [0.1, 0.15) is 6.42 Å². The number of rotatable bonds is 7. The Morgan fingerprint density at radius 1 is 1.12 bits per heavy atom. The number of nitrogens with one attached hydrogen (secondary N) is 1. The van der Waals surface area contributed by atoms with Crippen molar-refractivity contribution in [1.29, 1.82) is 0 Å². The molecule has 136 valence electrons. The van der Waals surface area contributed by atoms with Crippen molar-refractivity contribution in [3.8, 4) is 11.5 Å². The van der Waals surface area contributed by atoms with Crippen LogP contribution in [-0.2, 0) is 9.59 Å². The quantitative estimate of drug-likeness (QED) is 0.828. The van der Waals surface area contributed by atoms with Gasteiger partial charge < -0.3 is 19.7 Å². The number of ether oxygens (including phenoxy) is 2. The molecule has 3 rings (SSSR count). The molecule has 0 aromatic heterocycles. The molecule has 1 atom stereocenters. The molecule has 0 saturated carbocycles. The SMILES string of the molecule is COc1ccccc1OCC(=O)NC[C@H]1CC(=O)N(c2ccccc2)C1. The second kappa shape index (κ2) is 8.38. The number of carbonyl (C=O) groups is 2. The van der Waals surface area contributed by atoms with Crippen molar-refractivity contribution in [2.24, 2.45) is 5.92 Å². The summed E-state index contributed by atoms with van der Waals surface area (Å²) >= 11 is 0. The van der Waals surface area contributed by atoms with E-state index in [4.69, 9.17) is 9.47 Å². The topological polar surface area (TPSA) is 67.9 Å². The Hall–Kier alpha value is -3.02. The van der Waals surface area contributed by atoms with Crippen molar-refractivity contribution in [2.75, 3.05) is 31.7 Å². The molecule has 1 fully saturated rings. The van der Waals surface area contributed by atoms with Crippen LogP contribution in [-0.4, -0.2) is 38.6 Å². The fourth-order valence-corrected chi connectivity index (χ4v) is 2.97. The van der Waals surface area contributed by atoms with Gasteiger partial charge >= 0.3 is 0 Å². The van der Waals surface area contributed by atoms with Crippen LogP contribution in [0.4, 0.5) is 5.69 Å². The zero-order valence-corrected chi connectivity index (χ0v) is 14.7. The van der Waals surface area contributed by atoms with Crippen molar-refractivity contribution < 1.29 is 19.1 Å². The molecule has 0 radical (unpaired) electrons. The van der Waals surface area contributed by atoms with Gasteiger partial charge in [0.25, 0.3) is 5.91 Å². The van der Waals surface area contributed by atoms with Gasteiger partial charge in [0, 0.05) is 31.1 Å². The number of carbonyl (C=O) groups excluding carboxylic acids is 2. The Morgan fingerprint density at radius 3 is 2.54 bits per heavy atom. The summed E-state index contributed by atoms with van der Waals surface area (Å²) in [5, 5.41) is 2.84. The molecule has 1 aliphatic heterocycles. The lowest BCUT2D eigenvalue weighted by Gasteiger charge is -2.17. The van der Waals surface area contributed by atoms with E-state index in [-0.39, 0.29) is 24.3 Å². The van der Waals surface area contributed by atoms with Gasteiger partial charge in [-0.1, -0.05) is 30.3 Å². The summed E-state index contributed by atoms with van der Waals surface area (Å²) < 4.78 is 10.7. The molecule has 1 saturated heterocycles. The molecule has 0 unspecified atom stereocenters. The van der Waals surface area contributed by atoms with Gasteiger partial charge in [-0.15, -0.1) is 0 Å². The number of benzene rings is 2. The highest BCUT2D eigenvalue weighted by molar-refractivity contribution is 5.95. The number of amides is 2. The van der Waals surface area contributed by atoms with Crippen molar-refractivity contribution in [3.05, 3.63) is 54.6 Å². The first-order valence-electron chi connectivity index (χ1n) is 8.55. The second-order valence-corrected chi connectivity index (χ2v) is 6.15. The molecule has 1 aliphatic rings. The minimum atomic E-state index is -0.221. The first-order valence-corrected chi connectivity index (χ1v) is 8.55. The summed E-state index contributed by atoms with van der Waals surface area (Å²) in [4.78, 5) is 26.0. The van der Waals surface area contributed by atoms with Crippen LogP contribution in [0.3, 0.4) is 0 Å². The summed E-state index contributed by atoms with van der Waals surface area (Å²) in [7, 11) is 1.55. The first kappa shape index (κ1) is 17.8. The molecule has 6 nitrogen and oxygen atoms in total. The van der Waals surface area contributed by atoms with Gasteiger partial charge in [0.1, 0.15) is 0 Å². The monoisotopic (exact) mass is 354 g/mol. The number of anilines is 1. The standard InChI is InChI=1S/C20H22N2O4/c1-25-17-9-5-6-10-18(17)26-14-19(23)21-12-15-11-20(24)22(13-15)16-7-3-2-4-8-16/h2-10,15H,11-14H2,1H3,(H,21,23)/t15-/m1/s1. The number of para-hydroxylation sites is 3. The maximum atomic E-state index is 12.2. The van der Waals surface area contributed by atoms with E-state index < -0.39 is 0 Å². The lowest BCUT2D eigenvalue weighted by Crippen LogP contribution is -2.34. The van der Waals surface area contributed by atoms with Gasteiger partial charge in [0.2, 0.25) is 5.91 Å². The van der Waals surface area contributed by atoms with Gasteiger partial charge in [-0.05, 0) is 24.3 Å². The minimum Gasteiger partial charge on any atom is -0.493 e. The minimum absolute atomic E-state index is 0.0840. The molecule has 0 spiro atoms. The van der Waals surface area contributed by atoms with Crippen molar-refractivity contribution in [1.82, 2.24) is 5.32 Å². The third-order valence-electron chi connectivity index (χ3n) is 4.29. The van der Waals surface area contributed by atoms with Gasteiger partial charge in [-0.2, -0.15) is 0 Å². The zero-order chi connectivity index (χ0) is 18.4. The second-order valence-electron chi connectivity index (χ2n) is 6.15. The predicted octanol–water partition coefficient (Wildman–Crippen LogP) is 2.24. The van der Waals surface area contributed by atoms with E-state index >= 15 is 0 Å². The molecule has 2 amide bonds. The van der Waals surface area contributed by atoms with Crippen LogP contribution in [0, 0.1) is 5.92 Å². The maximum absolute atomic E-state index is 12.2. The van der Waals surface area contributed by atoms with Gasteiger partial charge in [-0.25, -0.2) is 0 Å². The Kier molecular flexibility index (Phi) is 5.73. The highest BCUT2D eigenvalue weighted by Gasteiger charge is 2.30.